The zero-order valence-electron chi connectivity index (χ0n) is 11.0. The molecule has 2 N–H and O–H groups in total. The van der Waals surface area contributed by atoms with Crippen LogP contribution in [0.15, 0.2) is 24.3 Å². The maximum absolute atomic E-state index is 6.10. The molecule has 1 aromatic rings. The van der Waals surface area contributed by atoms with Gasteiger partial charge in [-0.2, -0.15) is 0 Å². The highest BCUT2D eigenvalue weighted by atomic mass is 15.2. The molecule has 2 rings (SSSR count). The molecule has 2 atom stereocenters. The van der Waals surface area contributed by atoms with Gasteiger partial charge in [-0.15, -0.1) is 0 Å². The van der Waals surface area contributed by atoms with Crippen molar-refractivity contribution >= 4 is 5.69 Å². The standard InChI is InChI=1S/C15H24N2/c1-3-6-14(16)9-10-17-12(2)11-13-7-4-5-8-15(13)17/h4-5,7-8,12,14H,3,6,9-11,16H2,1-2H3. The van der Waals surface area contributed by atoms with Crippen LogP contribution in [0.1, 0.15) is 38.7 Å². The fourth-order valence-corrected chi connectivity index (χ4v) is 2.79. The summed E-state index contributed by atoms with van der Waals surface area (Å²) in [6.45, 7) is 5.61. The third-order valence-corrected chi connectivity index (χ3v) is 3.75. The van der Waals surface area contributed by atoms with E-state index in [1.807, 2.05) is 0 Å². The van der Waals surface area contributed by atoms with Crippen LogP contribution in [-0.4, -0.2) is 18.6 Å². The van der Waals surface area contributed by atoms with Gasteiger partial charge in [0, 0.05) is 24.3 Å². The van der Waals surface area contributed by atoms with Crippen LogP contribution < -0.4 is 10.6 Å². The molecule has 0 amide bonds. The maximum Gasteiger partial charge on any atom is 0.0402 e. The van der Waals surface area contributed by atoms with E-state index in [0.29, 0.717) is 12.1 Å². The molecule has 0 bridgehead atoms. The first-order valence-electron chi connectivity index (χ1n) is 6.82. The molecule has 94 valence electrons. The van der Waals surface area contributed by atoms with Gasteiger partial charge in [0.05, 0.1) is 0 Å². The van der Waals surface area contributed by atoms with E-state index in [0.717, 1.165) is 19.4 Å². The van der Waals surface area contributed by atoms with Crippen molar-refractivity contribution in [2.24, 2.45) is 5.73 Å². The molecule has 1 aromatic carbocycles. The predicted molar refractivity (Wildman–Crippen MR) is 74.5 cm³/mol. The number of nitrogens with two attached hydrogens (primary N) is 1. The number of anilines is 1. The third-order valence-electron chi connectivity index (χ3n) is 3.75. The van der Waals surface area contributed by atoms with E-state index in [2.05, 4.69) is 43.0 Å². The molecule has 0 aromatic heterocycles. The van der Waals surface area contributed by atoms with E-state index in [4.69, 9.17) is 5.73 Å². The van der Waals surface area contributed by atoms with Gasteiger partial charge in [0.15, 0.2) is 0 Å². The van der Waals surface area contributed by atoms with Crippen LogP contribution in [0.4, 0.5) is 5.69 Å². The molecule has 0 radical (unpaired) electrons. The number of fused-ring (bicyclic) bond motifs is 1. The summed E-state index contributed by atoms with van der Waals surface area (Å²) >= 11 is 0. The van der Waals surface area contributed by atoms with Gasteiger partial charge >= 0.3 is 0 Å². The van der Waals surface area contributed by atoms with Gasteiger partial charge < -0.3 is 10.6 Å². The second-order valence-electron chi connectivity index (χ2n) is 5.21. The molecule has 0 saturated heterocycles. The van der Waals surface area contributed by atoms with Crippen molar-refractivity contribution in [3.63, 3.8) is 0 Å². The summed E-state index contributed by atoms with van der Waals surface area (Å²) in [7, 11) is 0. The molecule has 0 saturated carbocycles. The highest BCUT2D eigenvalue weighted by molar-refractivity contribution is 5.59. The van der Waals surface area contributed by atoms with Crippen molar-refractivity contribution in [3.8, 4) is 0 Å². The predicted octanol–water partition coefficient (Wildman–Crippen LogP) is 2.96. The highest BCUT2D eigenvalue weighted by Crippen LogP contribution is 2.31. The van der Waals surface area contributed by atoms with Crippen molar-refractivity contribution in [1.82, 2.24) is 0 Å². The second-order valence-corrected chi connectivity index (χ2v) is 5.21. The van der Waals surface area contributed by atoms with Crippen LogP contribution in [0.2, 0.25) is 0 Å². The van der Waals surface area contributed by atoms with Crippen LogP contribution >= 0.6 is 0 Å². The smallest absolute Gasteiger partial charge is 0.0402 e. The number of hydrogen-bond acceptors (Lipinski definition) is 2. The quantitative estimate of drug-likeness (QED) is 0.845. The van der Waals surface area contributed by atoms with Crippen LogP contribution in [-0.2, 0) is 6.42 Å². The van der Waals surface area contributed by atoms with Gasteiger partial charge in [-0.1, -0.05) is 31.5 Å². The minimum Gasteiger partial charge on any atom is -0.368 e. The monoisotopic (exact) mass is 232 g/mol. The third kappa shape index (κ3) is 2.81. The normalized spacial score (nSPS) is 20.4. The Morgan fingerprint density at radius 2 is 2.12 bits per heavy atom. The van der Waals surface area contributed by atoms with Gasteiger partial charge in [-0.3, -0.25) is 0 Å². The summed E-state index contributed by atoms with van der Waals surface area (Å²) in [6.07, 6.45) is 4.61. The summed E-state index contributed by atoms with van der Waals surface area (Å²) in [5.74, 6) is 0. The zero-order valence-corrected chi connectivity index (χ0v) is 11.0. The lowest BCUT2D eigenvalue weighted by Gasteiger charge is -2.26. The van der Waals surface area contributed by atoms with E-state index in [1.165, 1.54) is 24.1 Å². The first-order chi connectivity index (χ1) is 8.22. The van der Waals surface area contributed by atoms with Gasteiger partial charge in [0.25, 0.3) is 0 Å². The lowest BCUT2D eigenvalue weighted by atomic mass is 10.1. The molecule has 17 heavy (non-hydrogen) atoms. The Morgan fingerprint density at radius 3 is 2.88 bits per heavy atom. The Bertz CT molecular complexity index is 362. The summed E-state index contributed by atoms with van der Waals surface area (Å²) in [5, 5.41) is 0. The molecule has 1 heterocycles. The van der Waals surface area contributed by atoms with Crippen LogP contribution in [0.25, 0.3) is 0 Å². The summed E-state index contributed by atoms with van der Waals surface area (Å²) < 4.78 is 0. The fourth-order valence-electron chi connectivity index (χ4n) is 2.79. The number of benzene rings is 1. The van der Waals surface area contributed by atoms with E-state index in [9.17, 15) is 0 Å². The molecular weight excluding hydrogens is 208 g/mol. The first-order valence-corrected chi connectivity index (χ1v) is 6.82. The minimum absolute atomic E-state index is 0.361. The summed E-state index contributed by atoms with van der Waals surface area (Å²) in [6, 6.07) is 9.75. The van der Waals surface area contributed by atoms with Crippen LogP contribution in [0.3, 0.4) is 0 Å². The Kier molecular flexibility index (Phi) is 4.06. The van der Waals surface area contributed by atoms with Gasteiger partial charge in [-0.05, 0) is 37.8 Å². The molecule has 2 heteroatoms. The number of hydrogen-bond donors (Lipinski definition) is 1. The highest BCUT2D eigenvalue weighted by Gasteiger charge is 2.25. The maximum atomic E-state index is 6.10. The molecule has 0 fully saturated rings. The van der Waals surface area contributed by atoms with E-state index in [1.54, 1.807) is 0 Å². The minimum atomic E-state index is 0.361. The van der Waals surface area contributed by atoms with E-state index >= 15 is 0 Å². The molecule has 1 aliphatic heterocycles. The van der Waals surface area contributed by atoms with Crippen LogP contribution in [0.5, 0.6) is 0 Å². The summed E-state index contributed by atoms with van der Waals surface area (Å²) in [4.78, 5) is 2.52. The molecule has 0 spiro atoms. The number of rotatable bonds is 5. The van der Waals surface area contributed by atoms with Gasteiger partial charge in [-0.25, -0.2) is 0 Å². The topological polar surface area (TPSA) is 29.3 Å². The van der Waals surface area contributed by atoms with Crippen molar-refractivity contribution in [1.29, 1.82) is 0 Å². The van der Waals surface area contributed by atoms with Gasteiger partial charge in [0.1, 0.15) is 0 Å². The van der Waals surface area contributed by atoms with Crippen molar-refractivity contribution in [2.75, 3.05) is 11.4 Å². The molecule has 1 aliphatic rings. The molecule has 2 nitrogen and oxygen atoms in total. The molecule has 2 unspecified atom stereocenters. The average Bonchev–Trinajstić information content (AvgIpc) is 2.62. The lowest BCUT2D eigenvalue weighted by molar-refractivity contribution is 0.539. The fraction of sp³-hybridized carbons (Fsp3) is 0.600. The lowest BCUT2D eigenvalue weighted by Crippen LogP contribution is -2.34. The number of para-hydroxylation sites is 1. The SMILES string of the molecule is CCCC(N)CCN1c2ccccc2CC1C. The molecular formula is C15H24N2. The largest absolute Gasteiger partial charge is 0.368 e. The Hall–Kier alpha value is -1.02. The van der Waals surface area contributed by atoms with Crippen molar-refractivity contribution in [3.05, 3.63) is 29.8 Å². The second kappa shape index (κ2) is 5.54. The summed E-state index contributed by atoms with van der Waals surface area (Å²) in [5.41, 5.74) is 9.01. The average molecular weight is 232 g/mol. The van der Waals surface area contributed by atoms with E-state index in [-0.39, 0.29) is 0 Å². The Labute approximate surface area is 105 Å². The first kappa shape index (κ1) is 12.4. The van der Waals surface area contributed by atoms with E-state index < -0.39 is 0 Å². The van der Waals surface area contributed by atoms with Crippen molar-refractivity contribution < 1.29 is 0 Å². The Morgan fingerprint density at radius 1 is 1.35 bits per heavy atom. The Balaban J connectivity index is 1.97. The zero-order chi connectivity index (χ0) is 12.3. The van der Waals surface area contributed by atoms with Crippen LogP contribution in [0, 0.1) is 0 Å². The molecule has 0 aliphatic carbocycles. The van der Waals surface area contributed by atoms with Crippen molar-refractivity contribution in [2.45, 2.75) is 51.6 Å². The van der Waals surface area contributed by atoms with Gasteiger partial charge in [0.2, 0.25) is 0 Å². The number of nitrogens with zero attached hydrogens (tertiary/aromatic N) is 1.